The van der Waals surface area contributed by atoms with E-state index >= 15 is 0 Å². The summed E-state index contributed by atoms with van der Waals surface area (Å²) in [5.74, 6) is -1.21. The molecule has 1 aliphatic rings. The van der Waals surface area contributed by atoms with Gasteiger partial charge in [-0.25, -0.2) is 4.79 Å². The van der Waals surface area contributed by atoms with Gasteiger partial charge in [-0.2, -0.15) is 0 Å². The standard InChI is InChI=1S/C13H21NO4/c1-8(2)5-9(3)12(15)14-6-10(4)18-11(7-14)13(16)17/h9-11H,1,5-7H2,2-4H3,(H,16,17)/t9?,10-,11?/m1/s1. The van der Waals surface area contributed by atoms with Gasteiger partial charge in [-0.1, -0.05) is 12.5 Å². The van der Waals surface area contributed by atoms with Crippen LogP contribution in [-0.4, -0.2) is 47.2 Å². The molecule has 5 nitrogen and oxygen atoms in total. The summed E-state index contributed by atoms with van der Waals surface area (Å²) in [6.45, 7) is 9.86. The number of carbonyl (C=O) groups excluding carboxylic acids is 1. The van der Waals surface area contributed by atoms with E-state index in [0.717, 1.165) is 5.57 Å². The topological polar surface area (TPSA) is 66.8 Å². The molecule has 1 amide bonds. The number of carboxylic acids is 1. The van der Waals surface area contributed by atoms with Crippen molar-refractivity contribution in [3.05, 3.63) is 12.2 Å². The molecule has 5 heteroatoms. The normalized spacial score (nSPS) is 25.6. The van der Waals surface area contributed by atoms with E-state index in [0.29, 0.717) is 13.0 Å². The number of carbonyl (C=O) groups is 2. The molecule has 3 atom stereocenters. The molecule has 0 aromatic heterocycles. The van der Waals surface area contributed by atoms with Gasteiger partial charge in [-0.15, -0.1) is 6.58 Å². The number of amides is 1. The van der Waals surface area contributed by atoms with Gasteiger partial charge in [0.05, 0.1) is 12.6 Å². The maximum atomic E-state index is 12.2. The van der Waals surface area contributed by atoms with Crippen LogP contribution in [-0.2, 0) is 14.3 Å². The lowest BCUT2D eigenvalue weighted by Gasteiger charge is -2.36. The predicted molar refractivity (Wildman–Crippen MR) is 67.1 cm³/mol. The van der Waals surface area contributed by atoms with Gasteiger partial charge < -0.3 is 14.7 Å². The monoisotopic (exact) mass is 255 g/mol. The molecular weight excluding hydrogens is 234 g/mol. The first-order valence-corrected chi connectivity index (χ1v) is 6.12. The summed E-state index contributed by atoms with van der Waals surface area (Å²) >= 11 is 0. The van der Waals surface area contributed by atoms with Crippen LogP contribution in [0.1, 0.15) is 27.2 Å². The van der Waals surface area contributed by atoms with Crippen LogP contribution in [0.5, 0.6) is 0 Å². The van der Waals surface area contributed by atoms with Crippen LogP contribution in [0.25, 0.3) is 0 Å². The van der Waals surface area contributed by atoms with E-state index in [4.69, 9.17) is 9.84 Å². The summed E-state index contributed by atoms with van der Waals surface area (Å²) in [6, 6.07) is 0. The Hall–Kier alpha value is -1.36. The van der Waals surface area contributed by atoms with Gasteiger partial charge in [-0.05, 0) is 20.3 Å². The maximum absolute atomic E-state index is 12.2. The summed E-state index contributed by atoms with van der Waals surface area (Å²) in [5, 5.41) is 8.96. The van der Waals surface area contributed by atoms with E-state index in [1.807, 2.05) is 13.8 Å². The van der Waals surface area contributed by atoms with Crippen LogP contribution >= 0.6 is 0 Å². The number of hydrogen-bond acceptors (Lipinski definition) is 3. The molecule has 1 aliphatic heterocycles. The molecule has 0 radical (unpaired) electrons. The number of ether oxygens (including phenoxy) is 1. The third-order valence-corrected chi connectivity index (χ3v) is 2.92. The van der Waals surface area contributed by atoms with Crippen molar-refractivity contribution in [1.82, 2.24) is 4.90 Å². The summed E-state index contributed by atoms with van der Waals surface area (Å²) < 4.78 is 5.28. The summed E-state index contributed by atoms with van der Waals surface area (Å²) in [4.78, 5) is 24.7. The predicted octanol–water partition coefficient (Wildman–Crippen LogP) is 1.29. The fourth-order valence-corrected chi connectivity index (χ4v) is 2.19. The second-order valence-corrected chi connectivity index (χ2v) is 5.08. The number of morpholine rings is 1. The maximum Gasteiger partial charge on any atom is 0.334 e. The number of rotatable bonds is 4. The molecule has 1 fully saturated rings. The zero-order valence-electron chi connectivity index (χ0n) is 11.2. The van der Waals surface area contributed by atoms with Gasteiger partial charge in [0.25, 0.3) is 0 Å². The molecule has 1 rings (SSSR count). The van der Waals surface area contributed by atoms with Crippen molar-refractivity contribution < 1.29 is 19.4 Å². The Morgan fingerprint density at radius 2 is 2.11 bits per heavy atom. The molecule has 0 aliphatic carbocycles. The fourth-order valence-electron chi connectivity index (χ4n) is 2.19. The van der Waals surface area contributed by atoms with E-state index in [1.165, 1.54) is 0 Å². The third-order valence-electron chi connectivity index (χ3n) is 2.92. The van der Waals surface area contributed by atoms with Crippen LogP contribution < -0.4 is 0 Å². The molecule has 1 N–H and O–H groups in total. The van der Waals surface area contributed by atoms with Gasteiger partial charge in [0.1, 0.15) is 0 Å². The fraction of sp³-hybridized carbons (Fsp3) is 0.692. The minimum absolute atomic E-state index is 0.0283. The molecule has 102 valence electrons. The van der Waals surface area contributed by atoms with Crippen molar-refractivity contribution in [3.63, 3.8) is 0 Å². The lowest BCUT2D eigenvalue weighted by molar-refractivity contribution is -0.167. The van der Waals surface area contributed by atoms with Gasteiger partial charge in [0, 0.05) is 12.5 Å². The SMILES string of the molecule is C=C(C)CC(C)C(=O)N1CC(C(=O)O)O[C@H](C)C1. The van der Waals surface area contributed by atoms with Gasteiger partial charge in [0.2, 0.25) is 5.91 Å². The smallest absolute Gasteiger partial charge is 0.334 e. The number of aliphatic carboxylic acids is 1. The van der Waals surface area contributed by atoms with Crippen LogP contribution in [0.2, 0.25) is 0 Å². The van der Waals surface area contributed by atoms with E-state index in [9.17, 15) is 9.59 Å². The van der Waals surface area contributed by atoms with Crippen LogP contribution in [0.4, 0.5) is 0 Å². The zero-order valence-corrected chi connectivity index (χ0v) is 11.2. The highest BCUT2D eigenvalue weighted by molar-refractivity contribution is 5.80. The summed E-state index contributed by atoms with van der Waals surface area (Å²) in [5.41, 5.74) is 0.951. The van der Waals surface area contributed by atoms with E-state index in [2.05, 4.69) is 6.58 Å². The number of hydrogen-bond donors (Lipinski definition) is 1. The molecule has 2 unspecified atom stereocenters. The Morgan fingerprint density at radius 1 is 1.50 bits per heavy atom. The Balaban J connectivity index is 2.67. The van der Waals surface area contributed by atoms with Crippen molar-refractivity contribution in [2.24, 2.45) is 5.92 Å². The molecular formula is C13H21NO4. The number of carboxylic acid groups (broad SMARTS) is 1. The molecule has 0 spiro atoms. The Morgan fingerprint density at radius 3 is 2.61 bits per heavy atom. The first kappa shape index (κ1) is 14.7. The molecule has 0 aromatic rings. The number of nitrogens with zero attached hydrogens (tertiary/aromatic N) is 1. The molecule has 0 aromatic carbocycles. The largest absolute Gasteiger partial charge is 0.479 e. The van der Waals surface area contributed by atoms with Gasteiger partial charge >= 0.3 is 5.97 Å². The van der Waals surface area contributed by atoms with Crippen LogP contribution in [0.3, 0.4) is 0 Å². The van der Waals surface area contributed by atoms with E-state index < -0.39 is 12.1 Å². The van der Waals surface area contributed by atoms with Crippen molar-refractivity contribution >= 4 is 11.9 Å². The van der Waals surface area contributed by atoms with Gasteiger partial charge in [-0.3, -0.25) is 4.79 Å². The summed E-state index contributed by atoms with van der Waals surface area (Å²) in [7, 11) is 0. The van der Waals surface area contributed by atoms with E-state index in [-0.39, 0.29) is 24.5 Å². The van der Waals surface area contributed by atoms with E-state index in [1.54, 1.807) is 11.8 Å². The highest BCUT2D eigenvalue weighted by Crippen LogP contribution is 2.17. The summed E-state index contributed by atoms with van der Waals surface area (Å²) in [6.07, 6.45) is -0.543. The number of allylic oxidation sites excluding steroid dienone is 1. The lowest BCUT2D eigenvalue weighted by Crippen LogP contribution is -2.53. The Kier molecular flexibility index (Phi) is 4.90. The lowest BCUT2D eigenvalue weighted by atomic mass is 10.0. The van der Waals surface area contributed by atoms with Crippen LogP contribution in [0, 0.1) is 5.92 Å². The first-order chi connectivity index (χ1) is 8.31. The first-order valence-electron chi connectivity index (χ1n) is 6.12. The average molecular weight is 255 g/mol. The molecule has 0 saturated carbocycles. The minimum atomic E-state index is -1.02. The Labute approximate surface area is 107 Å². The second kappa shape index (κ2) is 6.00. The minimum Gasteiger partial charge on any atom is -0.479 e. The highest BCUT2D eigenvalue weighted by Gasteiger charge is 2.33. The molecule has 1 heterocycles. The third kappa shape index (κ3) is 3.84. The molecule has 0 bridgehead atoms. The highest BCUT2D eigenvalue weighted by atomic mass is 16.5. The van der Waals surface area contributed by atoms with Crippen molar-refractivity contribution in [2.45, 2.75) is 39.4 Å². The Bertz CT molecular complexity index is 353. The second-order valence-electron chi connectivity index (χ2n) is 5.08. The quantitative estimate of drug-likeness (QED) is 0.769. The van der Waals surface area contributed by atoms with Crippen molar-refractivity contribution in [1.29, 1.82) is 0 Å². The zero-order chi connectivity index (χ0) is 13.9. The van der Waals surface area contributed by atoms with Crippen molar-refractivity contribution in [2.75, 3.05) is 13.1 Å². The average Bonchev–Trinajstić information content (AvgIpc) is 2.26. The van der Waals surface area contributed by atoms with Crippen molar-refractivity contribution in [3.8, 4) is 0 Å². The molecule has 1 saturated heterocycles. The molecule has 18 heavy (non-hydrogen) atoms. The van der Waals surface area contributed by atoms with Gasteiger partial charge in [0.15, 0.2) is 6.10 Å². The van der Waals surface area contributed by atoms with Crippen LogP contribution in [0.15, 0.2) is 12.2 Å².